The molecule has 0 aliphatic rings. The molecule has 0 saturated carbocycles. The lowest BCUT2D eigenvalue weighted by Crippen LogP contribution is -2.31. The highest BCUT2D eigenvalue weighted by atomic mass is 32.1. The molecule has 0 spiro atoms. The number of hydrogen-bond donors (Lipinski definition) is 1. The van der Waals surface area contributed by atoms with Crippen molar-refractivity contribution in [3.05, 3.63) is 73.8 Å². The van der Waals surface area contributed by atoms with Crippen molar-refractivity contribution in [2.45, 2.75) is 20.4 Å². The fourth-order valence-corrected chi connectivity index (χ4v) is 3.60. The van der Waals surface area contributed by atoms with Crippen LogP contribution < -0.4 is 15.2 Å². The smallest absolute Gasteiger partial charge is 0.277 e. The van der Waals surface area contributed by atoms with Gasteiger partial charge in [-0.3, -0.25) is 19.6 Å². The lowest BCUT2D eigenvalue weighted by atomic mass is 10.2. The second-order valence-corrected chi connectivity index (χ2v) is 7.54. The molecule has 3 aromatic heterocycles. The third kappa shape index (κ3) is 3.52. The van der Waals surface area contributed by atoms with Crippen LogP contribution in [0.2, 0.25) is 0 Å². The monoisotopic (exact) mass is 409 g/mol. The van der Waals surface area contributed by atoms with Crippen molar-refractivity contribution < 1.29 is 9.53 Å². The summed E-state index contributed by atoms with van der Waals surface area (Å²) in [5.74, 6) is 0.902. The van der Waals surface area contributed by atoms with Gasteiger partial charge in [-0.05, 0) is 49.6 Å². The number of rotatable bonds is 5. The predicted octanol–water partition coefficient (Wildman–Crippen LogP) is 2.95. The minimum absolute atomic E-state index is 0.229. The van der Waals surface area contributed by atoms with Crippen LogP contribution in [0.5, 0.6) is 5.75 Å². The van der Waals surface area contributed by atoms with Crippen molar-refractivity contribution in [3.63, 3.8) is 0 Å². The van der Waals surface area contributed by atoms with Crippen LogP contribution in [0.15, 0.2) is 46.6 Å². The highest BCUT2D eigenvalue weighted by Crippen LogP contribution is 2.21. The fraction of sp³-hybridized carbons (Fsp3) is 0.200. The van der Waals surface area contributed by atoms with Gasteiger partial charge in [-0.25, -0.2) is 4.98 Å². The SMILES string of the molecule is COc1ccc(C(=O)N(Cc2cccs2)c2nc3nc(C)c(C)c(=O)n3[nH]2)cc1. The number of H-pyrrole nitrogens is 1. The van der Waals surface area contributed by atoms with E-state index in [0.29, 0.717) is 29.1 Å². The first-order valence-electron chi connectivity index (χ1n) is 8.92. The zero-order valence-corrected chi connectivity index (χ0v) is 17.0. The number of anilines is 1. The zero-order valence-electron chi connectivity index (χ0n) is 16.2. The summed E-state index contributed by atoms with van der Waals surface area (Å²) in [5, 5.41) is 4.88. The van der Waals surface area contributed by atoms with Crippen LogP contribution in [-0.2, 0) is 6.54 Å². The van der Waals surface area contributed by atoms with Crippen LogP contribution in [0.1, 0.15) is 26.5 Å². The summed E-state index contributed by atoms with van der Waals surface area (Å²) < 4.78 is 6.43. The molecule has 0 fully saturated rings. The average molecular weight is 409 g/mol. The number of carbonyl (C=O) groups excluding carboxylic acids is 1. The number of thiophene rings is 1. The van der Waals surface area contributed by atoms with Gasteiger partial charge in [0.2, 0.25) is 5.95 Å². The van der Waals surface area contributed by atoms with Crippen LogP contribution >= 0.6 is 11.3 Å². The topological polar surface area (TPSA) is 92.6 Å². The van der Waals surface area contributed by atoms with Gasteiger partial charge < -0.3 is 4.74 Å². The molecule has 0 aliphatic carbocycles. The predicted molar refractivity (Wildman–Crippen MR) is 111 cm³/mol. The number of nitrogens with one attached hydrogen (secondary N) is 1. The number of fused-ring (bicyclic) bond motifs is 1. The second-order valence-electron chi connectivity index (χ2n) is 6.51. The quantitative estimate of drug-likeness (QED) is 0.547. The van der Waals surface area contributed by atoms with Crippen molar-refractivity contribution in [2.75, 3.05) is 12.0 Å². The Morgan fingerprint density at radius 2 is 1.97 bits per heavy atom. The zero-order chi connectivity index (χ0) is 20.5. The molecule has 1 N–H and O–H groups in total. The summed E-state index contributed by atoms with van der Waals surface area (Å²) in [6.45, 7) is 3.79. The number of aryl methyl sites for hydroxylation is 1. The largest absolute Gasteiger partial charge is 0.497 e. The number of aromatic amines is 1. The number of nitrogens with zero attached hydrogens (tertiary/aromatic N) is 4. The summed E-state index contributed by atoms with van der Waals surface area (Å²) in [6, 6.07) is 10.7. The number of benzene rings is 1. The summed E-state index contributed by atoms with van der Waals surface area (Å²) in [5.41, 5.74) is 1.39. The number of methoxy groups -OCH3 is 1. The van der Waals surface area contributed by atoms with Gasteiger partial charge in [0.25, 0.3) is 17.2 Å². The van der Waals surface area contributed by atoms with E-state index in [9.17, 15) is 9.59 Å². The van der Waals surface area contributed by atoms with Crippen molar-refractivity contribution in [1.82, 2.24) is 19.6 Å². The van der Waals surface area contributed by atoms with E-state index < -0.39 is 0 Å². The van der Waals surface area contributed by atoms with E-state index in [-0.39, 0.29) is 23.2 Å². The Labute approximate surface area is 170 Å². The average Bonchev–Trinajstić information content (AvgIpc) is 3.39. The van der Waals surface area contributed by atoms with Gasteiger partial charge in [-0.1, -0.05) is 6.07 Å². The molecule has 0 aliphatic heterocycles. The van der Waals surface area contributed by atoms with Crippen molar-refractivity contribution in [1.29, 1.82) is 0 Å². The summed E-state index contributed by atoms with van der Waals surface area (Å²) in [6.07, 6.45) is 0. The second kappa shape index (κ2) is 7.51. The van der Waals surface area contributed by atoms with Crippen LogP contribution in [0.3, 0.4) is 0 Å². The minimum atomic E-state index is -0.249. The number of hydrogen-bond acceptors (Lipinski definition) is 6. The molecule has 29 heavy (non-hydrogen) atoms. The molecule has 0 radical (unpaired) electrons. The first-order chi connectivity index (χ1) is 14.0. The Bertz CT molecular complexity index is 1230. The molecular formula is C20H19N5O3S. The molecule has 1 amide bonds. The van der Waals surface area contributed by atoms with Gasteiger partial charge >= 0.3 is 0 Å². The molecule has 0 bridgehead atoms. The Morgan fingerprint density at radius 3 is 2.62 bits per heavy atom. The Hall–Kier alpha value is -3.46. The third-order valence-electron chi connectivity index (χ3n) is 4.68. The van der Waals surface area contributed by atoms with E-state index >= 15 is 0 Å². The normalized spacial score (nSPS) is 11.0. The molecule has 8 nitrogen and oxygen atoms in total. The first kappa shape index (κ1) is 18.9. The molecule has 148 valence electrons. The van der Waals surface area contributed by atoms with Crippen LogP contribution in [0.25, 0.3) is 5.78 Å². The first-order valence-corrected chi connectivity index (χ1v) is 9.80. The van der Waals surface area contributed by atoms with Crippen molar-refractivity contribution in [3.8, 4) is 5.75 Å². The van der Waals surface area contributed by atoms with Gasteiger partial charge in [-0.2, -0.15) is 9.50 Å². The van der Waals surface area contributed by atoms with Gasteiger partial charge in [0.05, 0.1) is 13.7 Å². The van der Waals surface area contributed by atoms with E-state index in [1.807, 2.05) is 17.5 Å². The summed E-state index contributed by atoms with van der Waals surface area (Å²) in [4.78, 5) is 37.1. The van der Waals surface area contributed by atoms with Crippen molar-refractivity contribution in [2.24, 2.45) is 0 Å². The molecule has 4 rings (SSSR count). The lowest BCUT2D eigenvalue weighted by Gasteiger charge is -2.19. The summed E-state index contributed by atoms with van der Waals surface area (Å²) in [7, 11) is 1.57. The molecule has 9 heteroatoms. The molecule has 4 aromatic rings. The van der Waals surface area contributed by atoms with Gasteiger partial charge in [0.15, 0.2) is 0 Å². The maximum Gasteiger partial charge on any atom is 0.277 e. The van der Waals surface area contributed by atoms with E-state index in [1.165, 1.54) is 20.8 Å². The van der Waals surface area contributed by atoms with Gasteiger partial charge in [0, 0.05) is 21.7 Å². The maximum absolute atomic E-state index is 13.3. The standard InChI is InChI=1S/C20H19N5O3S/c1-12-13(2)21-19-22-20(23-25(19)17(12)26)24(11-16-5-4-10-29-16)18(27)14-6-8-15(28-3)9-7-14/h4-10H,11H2,1-3H3,(H,21,22,23). The third-order valence-corrected chi connectivity index (χ3v) is 5.54. The molecular weight excluding hydrogens is 390 g/mol. The highest BCUT2D eigenvalue weighted by Gasteiger charge is 2.23. The molecule has 0 unspecified atom stereocenters. The van der Waals surface area contributed by atoms with E-state index in [2.05, 4.69) is 15.1 Å². The Morgan fingerprint density at radius 1 is 1.21 bits per heavy atom. The highest BCUT2D eigenvalue weighted by molar-refractivity contribution is 7.09. The van der Waals surface area contributed by atoms with Crippen LogP contribution in [0.4, 0.5) is 5.95 Å². The molecule has 0 saturated heterocycles. The summed E-state index contributed by atoms with van der Waals surface area (Å²) >= 11 is 1.54. The molecule has 3 heterocycles. The maximum atomic E-state index is 13.3. The van der Waals surface area contributed by atoms with E-state index in [0.717, 1.165) is 4.88 Å². The van der Waals surface area contributed by atoms with Gasteiger partial charge in [0.1, 0.15) is 5.75 Å². The Balaban J connectivity index is 1.79. The van der Waals surface area contributed by atoms with Crippen molar-refractivity contribution >= 4 is 29.0 Å². The fourth-order valence-electron chi connectivity index (χ4n) is 2.90. The van der Waals surface area contributed by atoms with Crippen LogP contribution in [-0.4, -0.2) is 32.6 Å². The van der Waals surface area contributed by atoms with E-state index in [4.69, 9.17) is 4.74 Å². The minimum Gasteiger partial charge on any atom is -0.497 e. The number of carbonyl (C=O) groups is 1. The number of aromatic nitrogens is 4. The molecule has 0 atom stereocenters. The Kier molecular flexibility index (Phi) is 4.89. The lowest BCUT2D eigenvalue weighted by molar-refractivity contribution is 0.0983. The van der Waals surface area contributed by atoms with E-state index in [1.54, 1.807) is 45.2 Å². The number of amides is 1. The van der Waals surface area contributed by atoms with Gasteiger partial charge in [-0.15, -0.1) is 11.3 Å². The van der Waals surface area contributed by atoms with Crippen LogP contribution in [0, 0.1) is 13.8 Å². The number of ether oxygens (including phenoxy) is 1. The molecule has 1 aromatic carbocycles.